The van der Waals surface area contributed by atoms with Crippen molar-refractivity contribution in [3.8, 4) is 5.75 Å². The lowest BCUT2D eigenvalue weighted by Crippen LogP contribution is -2.36. The number of benzene rings is 1. The Balaban J connectivity index is 2.37. The number of ether oxygens (including phenoxy) is 2. The number of fused-ring (bicyclic) bond motifs is 1. The van der Waals surface area contributed by atoms with Gasteiger partial charge in [-0.15, -0.1) is 0 Å². The summed E-state index contributed by atoms with van der Waals surface area (Å²) < 4.78 is 10.4. The molecule has 1 atom stereocenters. The minimum absolute atomic E-state index is 0.206. The third-order valence-electron chi connectivity index (χ3n) is 3.23. The van der Waals surface area contributed by atoms with Crippen molar-refractivity contribution in [2.75, 3.05) is 20.3 Å². The Morgan fingerprint density at radius 1 is 1.50 bits per heavy atom. The summed E-state index contributed by atoms with van der Waals surface area (Å²) in [6.45, 7) is 4.99. The van der Waals surface area contributed by atoms with E-state index in [1.165, 1.54) is 0 Å². The maximum Gasteiger partial charge on any atom is 0.327 e. The molecule has 1 unspecified atom stereocenters. The number of rotatable bonds is 3. The molecule has 0 saturated heterocycles. The first-order chi connectivity index (χ1) is 8.67. The maximum absolute atomic E-state index is 11.9. The first kappa shape index (κ1) is 12.9. The largest absolute Gasteiger partial charge is 0.496 e. The number of nitrogens with one attached hydrogen (secondary N) is 1. The lowest BCUT2D eigenvalue weighted by Gasteiger charge is -2.26. The van der Waals surface area contributed by atoms with E-state index >= 15 is 0 Å². The van der Waals surface area contributed by atoms with Crippen LogP contribution in [0, 0.1) is 6.92 Å². The van der Waals surface area contributed by atoms with Crippen LogP contribution in [0.4, 0.5) is 0 Å². The second-order valence-electron chi connectivity index (χ2n) is 4.41. The molecular formula is C14H19NO3. The minimum Gasteiger partial charge on any atom is -0.496 e. The topological polar surface area (TPSA) is 47.6 Å². The predicted molar refractivity (Wildman–Crippen MR) is 68.8 cm³/mol. The molecule has 0 amide bonds. The van der Waals surface area contributed by atoms with Crippen molar-refractivity contribution in [2.24, 2.45) is 0 Å². The molecule has 4 nitrogen and oxygen atoms in total. The molecule has 0 aliphatic carbocycles. The number of carbonyl (C=O) groups excluding carboxylic acids is 1. The highest BCUT2D eigenvalue weighted by molar-refractivity contribution is 5.79. The number of hydrogen-bond donors (Lipinski definition) is 1. The van der Waals surface area contributed by atoms with Gasteiger partial charge in [-0.1, -0.05) is 0 Å². The van der Waals surface area contributed by atoms with Gasteiger partial charge in [0.05, 0.1) is 13.7 Å². The van der Waals surface area contributed by atoms with Gasteiger partial charge in [0.15, 0.2) is 0 Å². The molecule has 1 aliphatic heterocycles. The number of carbonyl (C=O) groups is 1. The maximum atomic E-state index is 11.9. The molecule has 0 aromatic heterocycles. The van der Waals surface area contributed by atoms with Gasteiger partial charge in [-0.05, 0) is 49.1 Å². The average Bonchev–Trinajstić information content (AvgIpc) is 2.37. The van der Waals surface area contributed by atoms with Crippen LogP contribution < -0.4 is 10.1 Å². The van der Waals surface area contributed by atoms with Crippen molar-refractivity contribution in [1.29, 1.82) is 0 Å². The van der Waals surface area contributed by atoms with E-state index in [0.717, 1.165) is 35.4 Å². The van der Waals surface area contributed by atoms with Crippen LogP contribution in [0.5, 0.6) is 5.75 Å². The molecule has 98 valence electrons. The fraction of sp³-hybridized carbons (Fsp3) is 0.500. The van der Waals surface area contributed by atoms with E-state index in [2.05, 4.69) is 5.32 Å². The number of esters is 1. The van der Waals surface area contributed by atoms with E-state index in [9.17, 15) is 4.79 Å². The van der Waals surface area contributed by atoms with Gasteiger partial charge in [-0.2, -0.15) is 0 Å². The van der Waals surface area contributed by atoms with Crippen LogP contribution >= 0.6 is 0 Å². The van der Waals surface area contributed by atoms with Crippen LogP contribution in [0.1, 0.15) is 29.7 Å². The van der Waals surface area contributed by atoms with Crippen molar-refractivity contribution in [3.05, 3.63) is 28.8 Å². The molecule has 1 N–H and O–H groups in total. The SMILES string of the molecule is CCOC(=O)C1NCCc2cc(OC)c(C)cc21. The summed E-state index contributed by atoms with van der Waals surface area (Å²) in [6.07, 6.45) is 0.905. The molecule has 1 aromatic rings. The Hall–Kier alpha value is -1.55. The summed E-state index contributed by atoms with van der Waals surface area (Å²) in [6, 6.07) is 3.69. The third-order valence-corrected chi connectivity index (χ3v) is 3.23. The summed E-state index contributed by atoms with van der Waals surface area (Å²) in [5.74, 6) is 0.668. The first-order valence-electron chi connectivity index (χ1n) is 6.24. The highest BCUT2D eigenvalue weighted by Gasteiger charge is 2.28. The molecule has 1 aliphatic rings. The lowest BCUT2D eigenvalue weighted by molar-refractivity contribution is -0.146. The van der Waals surface area contributed by atoms with E-state index in [0.29, 0.717) is 6.61 Å². The second kappa shape index (κ2) is 5.40. The van der Waals surface area contributed by atoms with Gasteiger partial charge in [0, 0.05) is 6.54 Å². The van der Waals surface area contributed by atoms with Crippen molar-refractivity contribution in [1.82, 2.24) is 5.32 Å². The van der Waals surface area contributed by atoms with Gasteiger partial charge in [0.25, 0.3) is 0 Å². The van der Waals surface area contributed by atoms with Crippen LogP contribution in [0.25, 0.3) is 0 Å². The van der Waals surface area contributed by atoms with Gasteiger partial charge in [0.2, 0.25) is 0 Å². The summed E-state index contributed by atoms with van der Waals surface area (Å²) in [4.78, 5) is 11.9. The van der Waals surface area contributed by atoms with Crippen LogP contribution in [0.2, 0.25) is 0 Å². The fourth-order valence-electron chi connectivity index (χ4n) is 2.35. The van der Waals surface area contributed by atoms with E-state index in [1.807, 2.05) is 26.0 Å². The van der Waals surface area contributed by atoms with Gasteiger partial charge < -0.3 is 14.8 Å². The molecule has 0 saturated carbocycles. The standard InChI is InChI=1S/C14H19NO3/c1-4-18-14(16)13-11-7-9(2)12(17-3)8-10(11)5-6-15-13/h7-8,13,15H,4-6H2,1-3H3. The zero-order chi connectivity index (χ0) is 13.1. The van der Waals surface area contributed by atoms with E-state index in [-0.39, 0.29) is 12.0 Å². The molecular weight excluding hydrogens is 230 g/mol. The Morgan fingerprint density at radius 3 is 2.94 bits per heavy atom. The number of hydrogen-bond acceptors (Lipinski definition) is 4. The molecule has 18 heavy (non-hydrogen) atoms. The Bertz CT molecular complexity index is 457. The van der Waals surface area contributed by atoms with Crippen molar-refractivity contribution < 1.29 is 14.3 Å². The van der Waals surface area contributed by atoms with Crippen LogP contribution in [0.15, 0.2) is 12.1 Å². The summed E-state index contributed by atoms with van der Waals surface area (Å²) in [7, 11) is 1.67. The molecule has 0 radical (unpaired) electrons. The summed E-state index contributed by atoms with van der Waals surface area (Å²) in [5.41, 5.74) is 3.21. The summed E-state index contributed by atoms with van der Waals surface area (Å²) >= 11 is 0. The molecule has 1 aromatic carbocycles. The zero-order valence-electron chi connectivity index (χ0n) is 11.1. The average molecular weight is 249 g/mol. The normalized spacial score (nSPS) is 18.1. The monoisotopic (exact) mass is 249 g/mol. The minimum atomic E-state index is -0.349. The third kappa shape index (κ3) is 2.34. The van der Waals surface area contributed by atoms with Crippen molar-refractivity contribution >= 4 is 5.97 Å². The predicted octanol–water partition coefficient (Wildman–Crippen LogP) is 1.75. The van der Waals surface area contributed by atoms with Gasteiger partial charge in [-0.25, -0.2) is 4.79 Å². The Labute approximate surface area is 107 Å². The van der Waals surface area contributed by atoms with E-state index in [1.54, 1.807) is 7.11 Å². The second-order valence-corrected chi connectivity index (χ2v) is 4.41. The highest BCUT2D eigenvalue weighted by Crippen LogP contribution is 2.30. The molecule has 0 spiro atoms. The fourth-order valence-corrected chi connectivity index (χ4v) is 2.35. The molecule has 4 heteroatoms. The Kier molecular flexibility index (Phi) is 3.87. The number of aryl methyl sites for hydroxylation is 1. The van der Waals surface area contributed by atoms with Crippen LogP contribution in [-0.4, -0.2) is 26.2 Å². The molecule has 0 fully saturated rings. The van der Waals surface area contributed by atoms with E-state index < -0.39 is 0 Å². The summed E-state index contributed by atoms with van der Waals surface area (Å²) in [5, 5.41) is 3.21. The van der Waals surface area contributed by atoms with Gasteiger partial charge in [-0.3, -0.25) is 0 Å². The van der Waals surface area contributed by atoms with E-state index in [4.69, 9.17) is 9.47 Å². The van der Waals surface area contributed by atoms with Crippen molar-refractivity contribution in [2.45, 2.75) is 26.3 Å². The smallest absolute Gasteiger partial charge is 0.327 e. The highest BCUT2D eigenvalue weighted by atomic mass is 16.5. The first-order valence-corrected chi connectivity index (χ1v) is 6.24. The molecule has 1 heterocycles. The van der Waals surface area contributed by atoms with Gasteiger partial charge >= 0.3 is 5.97 Å². The van der Waals surface area contributed by atoms with Crippen LogP contribution in [0.3, 0.4) is 0 Å². The quantitative estimate of drug-likeness (QED) is 0.829. The lowest BCUT2D eigenvalue weighted by atomic mass is 9.92. The zero-order valence-corrected chi connectivity index (χ0v) is 11.1. The molecule has 0 bridgehead atoms. The molecule has 2 rings (SSSR count). The Morgan fingerprint density at radius 2 is 2.28 bits per heavy atom. The van der Waals surface area contributed by atoms with Crippen LogP contribution in [-0.2, 0) is 16.0 Å². The number of methoxy groups -OCH3 is 1. The van der Waals surface area contributed by atoms with Crippen molar-refractivity contribution in [3.63, 3.8) is 0 Å². The van der Waals surface area contributed by atoms with Gasteiger partial charge in [0.1, 0.15) is 11.8 Å².